The van der Waals surface area contributed by atoms with Gasteiger partial charge in [0.15, 0.2) is 0 Å². The van der Waals surface area contributed by atoms with Gasteiger partial charge in [0, 0.05) is 10.9 Å². The lowest BCUT2D eigenvalue weighted by Crippen LogP contribution is -2.36. The Bertz CT molecular complexity index is 366. The third-order valence-corrected chi connectivity index (χ3v) is 4.26. The average molecular weight is 290 g/mol. The zero-order chi connectivity index (χ0) is 10.8. The second-order valence-electron chi connectivity index (χ2n) is 3.74. The SMILES string of the molecule is O=C(O)C1CCC(Cc2ccc(Br)s2)N1. The van der Waals surface area contributed by atoms with E-state index in [0.717, 1.165) is 23.0 Å². The summed E-state index contributed by atoms with van der Waals surface area (Å²) in [7, 11) is 0. The molecule has 1 aromatic heterocycles. The third-order valence-electron chi connectivity index (χ3n) is 2.62. The van der Waals surface area contributed by atoms with Crippen LogP contribution in [0.4, 0.5) is 0 Å². The van der Waals surface area contributed by atoms with Crippen LogP contribution in [0.1, 0.15) is 17.7 Å². The van der Waals surface area contributed by atoms with Gasteiger partial charge in [-0.3, -0.25) is 4.79 Å². The van der Waals surface area contributed by atoms with Gasteiger partial charge in [-0.05, 0) is 47.3 Å². The summed E-state index contributed by atoms with van der Waals surface area (Å²) in [4.78, 5) is 12.0. The van der Waals surface area contributed by atoms with Gasteiger partial charge in [-0.25, -0.2) is 0 Å². The maximum atomic E-state index is 10.7. The molecular weight excluding hydrogens is 278 g/mol. The molecule has 15 heavy (non-hydrogen) atoms. The molecule has 0 radical (unpaired) electrons. The normalized spacial score (nSPS) is 25.7. The van der Waals surface area contributed by atoms with Crippen molar-refractivity contribution in [1.29, 1.82) is 0 Å². The van der Waals surface area contributed by atoms with E-state index in [-0.39, 0.29) is 6.04 Å². The van der Waals surface area contributed by atoms with Gasteiger partial charge in [0.2, 0.25) is 0 Å². The van der Waals surface area contributed by atoms with Crippen molar-refractivity contribution >= 4 is 33.2 Å². The number of carboxylic acids is 1. The van der Waals surface area contributed by atoms with Gasteiger partial charge in [-0.1, -0.05) is 0 Å². The Balaban J connectivity index is 1.90. The first kappa shape index (κ1) is 11.1. The van der Waals surface area contributed by atoms with Crippen LogP contribution in [-0.4, -0.2) is 23.2 Å². The minimum absolute atomic E-state index is 0.316. The summed E-state index contributed by atoms with van der Waals surface area (Å²) in [6.45, 7) is 0. The van der Waals surface area contributed by atoms with Crippen LogP contribution in [0.2, 0.25) is 0 Å². The van der Waals surface area contributed by atoms with Crippen molar-refractivity contribution in [3.63, 3.8) is 0 Å². The summed E-state index contributed by atoms with van der Waals surface area (Å²) < 4.78 is 1.13. The molecule has 1 saturated heterocycles. The molecule has 1 fully saturated rings. The lowest BCUT2D eigenvalue weighted by atomic mass is 10.1. The van der Waals surface area contributed by atoms with Crippen LogP contribution >= 0.6 is 27.3 Å². The number of nitrogens with one attached hydrogen (secondary N) is 1. The van der Waals surface area contributed by atoms with Gasteiger partial charge in [0.1, 0.15) is 6.04 Å². The predicted octanol–water partition coefficient (Wildman–Crippen LogP) is 2.26. The molecule has 0 aromatic carbocycles. The van der Waals surface area contributed by atoms with Crippen molar-refractivity contribution in [2.75, 3.05) is 0 Å². The maximum Gasteiger partial charge on any atom is 0.320 e. The van der Waals surface area contributed by atoms with Crippen LogP contribution in [-0.2, 0) is 11.2 Å². The van der Waals surface area contributed by atoms with Gasteiger partial charge in [-0.15, -0.1) is 11.3 Å². The number of hydrogen-bond donors (Lipinski definition) is 2. The molecule has 0 spiro atoms. The number of hydrogen-bond acceptors (Lipinski definition) is 3. The van der Waals surface area contributed by atoms with E-state index in [1.807, 2.05) is 6.07 Å². The van der Waals surface area contributed by atoms with E-state index in [9.17, 15) is 4.79 Å². The summed E-state index contributed by atoms with van der Waals surface area (Å²) in [5.41, 5.74) is 0. The van der Waals surface area contributed by atoms with Crippen LogP contribution in [0.15, 0.2) is 15.9 Å². The molecule has 2 rings (SSSR count). The molecule has 2 N–H and O–H groups in total. The van der Waals surface area contributed by atoms with Gasteiger partial charge < -0.3 is 10.4 Å². The lowest BCUT2D eigenvalue weighted by Gasteiger charge is -2.10. The topological polar surface area (TPSA) is 49.3 Å². The number of thiophene rings is 1. The molecular formula is C10H12BrNO2S. The Morgan fingerprint density at radius 2 is 2.40 bits per heavy atom. The molecule has 82 valence electrons. The molecule has 1 aromatic rings. The average Bonchev–Trinajstić information content (AvgIpc) is 2.76. The van der Waals surface area contributed by atoms with Crippen molar-refractivity contribution in [1.82, 2.24) is 5.32 Å². The van der Waals surface area contributed by atoms with E-state index >= 15 is 0 Å². The van der Waals surface area contributed by atoms with E-state index < -0.39 is 5.97 Å². The van der Waals surface area contributed by atoms with Gasteiger partial charge in [0.05, 0.1) is 3.79 Å². The third kappa shape index (κ3) is 2.80. The molecule has 1 aliphatic rings. The number of carboxylic acid groups (broad SMARTS) is 1. The minimum atomic E-state index is -0.732. The van der Waals surface area contributed by atoms with Crippen molar-refractivity contribution in [2.24, 2.45) is 0 Å². The summed E-state index contributed by atoms with van der Waals surface area (Å²) in [5, 5.41) is 12.0. The number of rotatable bonds is 3. The fourth-order valence-corrected chi connectivity index (χ4v) is 3.44. The second-order valence-corrected chi connectivity index (χ2v) is 6.29. The summed E-state index contributed by atoms with van der Waals surface area (Å²) in [5.74, 6) is -0.732. The number of aliphatic carboxylic acids is 1. The zero-order valence-electron chi connectivity index (χ0n) is 8.07. The Hall–Kier alpha value is -0.390. The van der Waals surface area contributed by atoms with Crippen molar-refractivity contribution in [2.45, 2.75) is 31.3 Å². The minimum Gasteiger partial charge on any atom is -0.480 e. The number of halogens is 1. The van der Waals surface area contributed by atoms with Crippen molar-refractivity contribution < 1.29 is 9.90 Å². The standard InChI is InChI=1S/C10H12BrNO2S/c11-9-4-2-7(15-9)5-6-1-3-8(12-6)10(13)14/h2,4,6,8,12H,1,3,5H2,(H,13,14). The summed E-state index contributed by atoms with van der Waals surface area (Å²) in [6, 6.07) is 4.09. The first-order valence-corrected chi connectivity index (χ1v) is 6.49. The van der Waals surface area contributed by atoms with E-state index in [4.69, 9.17) is 5.11 Å². The first-order valence-electron chi connectivity index (χ1n) is 4.88. The lowest BCUT2D eigenvalue weighted by molar-refractivity contribution is -0.139. The molecule has 0 amide bonds. The monoisotopic (exact) mass is 289 g/mol. The Morgan fingerprint density at radius 1 is 1.60 bits per heavy atom. The first-order chi connectivity index (χ1) is 7.15. The summed E-state index contributed by atoms with van der Waals surface area (Å²) in [6.07, 6.45) is 2.62. The Labute approximate surface area is 101 Å². The quantitative estimate of drug-likeness (QED) is 0.897. The van der Waals surface area contributed by atoms with Crippen LogP contribution in [0, 0.1) is 0 Å². The molecule has 2 heterocycles. The van der Waals surface area contributed by atoms with Gasteiger partial charge >= 0.3 is 5.97 Å². The second kappa shape index (κ2) is 4.63. The van der Waals surface area contributed by atoms with Gasteiger partial charge in [0.25, 0.3) is 0 Å². The molecule has 2 unspecified atom stereocenters. The highest BCUT2D eigenvalue weighted by molar-refractivity contribution is 9.11. The molecule has 0 bridgehead atoms. The maximum absolute atomic E-state index is 10.7. The van der Waals surface area contributed by atoms with Gasteiger partial charge in [-0.2, -0.15) is 0 Å². The molecule has 0 saturated carbocycles. The Morgan fingerprint density at radius 3 is 2.93 bits per heavy atom. The summed E-state index contributed by atoms with van der Waals surface area (Å²) >= 11 is 5.13. The van der Waals surface area contributed by atoms with E-state index in [0.29, 0.717) is 6.04 Å². The largest absolute Gasteiger partial charge is 0.480 e. The molecule has 3 nitrogen and oxygen atoms in total. The van der Waals surface area contributed by atoms with E-state index in [1.165, 1.54) is 4.88 Å². The predicted molar refractivity (Wildman–Crippen MR) is 63.3 cm³/mol. The molecule has 0 aliphatic carbocycles. The number of carbonyl (C=O) groups is 1. The molecule has 1 aliphatic heterocycles. The Kier molecular flexibility index (Phi) is 3.43. The van der Waals surface area contributed by atoms with Crippen LogP contribution in [0.25, 0.3) is 0 Å². The molecule has 2 atom stereocenters. The highest BCUT2D eigenvalue weighted by atomic mass is 79.9. The smallest absolute Gasteiger partial charge is 0.320 e. The van der Waals surface area contributed by atoms with Crippen LogP contribution < -0.4 is 5.32 Å². The highest BCUT2D eigenvalue weighted by Gasteiger charge is 2.28. The van der Waals surface area contributed by atoms with E-state index in [2.05, 4.69) is 27.3 Å². The van der Waals surface area contributed by atoms with E-state index in [1.54, 1.807) is 11.3 Å². The van der Waals surface area contributed by atoms with Crippen molar-refractivity contribution in [3.05, 3.63) is 20.8 Å². The van der Waals surface area contributed by atoms with Crippen LogP contribution in [0.3, 0.4) is 0 Å². The zero-order valence-corrected chi connectivity index (χ0v) is 10.5. The van der Waals surface area contributed by atoms with Crippen LogP contribution in [0.5, 0.6) is 0 Å². The fraction of sp³-hybridized carbons (Fsp3) is 0.500. The fourth-order valence-electron chi connectivity index (χ4n) is 1.88. The molecule has 5 heteroatoms. The highest BCUT2D eigenvalue weighted by Crippen LogP contribution is 2.25. The van der Waals surface area contributed by atoms with Crippen molar-refractivity contribution in [3.8, 4) is 0 Å².